The predicted octanol–water partition coefficient (Wildman–Crippen LogP) is 7.41. The maximum atomic E-state index is 13.1. The molecule has 1 aromatic heterocycles. The molecule has 5 nitrogen and oxygen atoms in total. The van der Waals surface area contributed by atoms with E-state index in [1.165, 1.54) is 5.56 Å². The number of aromatic nitrogens is 1. The summed E-state index contributed by atoms with van der Waals surface area (Å²) in [5.41, 5.74) is 6.78. The molecule has 1 heterocycles. The minimum absolute atomic E-state index is 0.0216. The Morgan fingerprint density at radius 3 is 2.50 bits per heavy atom. The lowest BCUT2D eigenvalue weighted by molar-refractivity contribution is -0.115. The van der Waals surface area contributed by atoms with E-state index < -0.39 is 0 Å². The Hall–Kier alpha value is -4.12. The maximum absolute atomic E-state index is 13.1. The monoisotopic (exact) mass is 506 g/mol. The number of aromatic amines is 1. The van der Waals surface area contributed by atoms with Gasteiger partial charge in [0.05, 0.1) is 5.57 Å². The van der Waals surface area contributed by atoms with Crippen LogP contribution < -0.4 is 4.74 Å². The van der Waals surface area contributed by atoms with Crippen LogP contribution in [0.2, 0.25) is 0 Å². The summed E-state index contributed by atoms with van der Waals surface area (Å²) in [6.07, 6.45) is 2.19. The van der Waals surface area contributed by atoms with Gasteiger partial charge in [0.25, 0.3) is 0 Å². The minimum atomic E-state index is -0.0216. The third-order valence-electron chi connectivity index (χ3n) is 7.34. The van der Waals surface area contributed by atoms with Crippen LogP contribution in [-0.2, 0) is 17.8 Å². The van der Waals surface area contributed by atoms with Crippen molar-refractivity contribution in [3.05, 3.63) is 113 Å². The minimum Gasteiger partial charge on any atom is -0.512 e. The first kappa shape index (κ1) is 25.5. The fraction of sp³-hybridized carbons (Fsp3) is 0.273. The number of aliphatic hydroxyl groups excluding tert-OH is 1. The Labute approximate surface area is 223 Å². The second-order valence-electron chi connectivity index (χ2n) is 9.90. The van der Waals surface area contributed by atoms with Gasteiger partial charge in [-0.3, -0.25) is 9.79 Å². The molecule has 5 heteroatoms. The van der Waals surface area contributed by atoms with Crippen molar-refractivity contribution < 1.29 is 14.6 Å². The lowest BCUT2D eigenvalue weighted by Crippen LogP contribution is -2.27. The van der Waals surface area contributed by atoms with Crippen LogP contribution in [0.1, 0.15) is 54.5 Å². The number of aryl methyl sites for hydroxylation is 1. The van der Waals surface area contributed by atoms with Crippen LogP contribution in [0.15, 0.2) is 95.2 Å². The standard InChI is InChI=1S/C33H34N2O3/c1-3-31(36)33-30(18-25(19-32(33)37)24-12-8-5-9-13-24)34-17-16-27-22(2)35-29-15-14-26(20-28(27)29)38-21-23-10-6-4-7-11-23/h4-15,20,25,35-36H,3,16-19,21H2,1-2H3. The number of carbonyl (C=O) groups excluding carboxylic acids is 1. The lowest BCUT2D eigenvalue weighted by Gasteiger charge is -2.26. The van der Waals surface area contributed by atoms with Crippen molar-refractivity contribution in [3.8, 4) is 5.75 Å². The van der Waals surface area contributed by atoms with E-state index in [0.29, 0.717) is 38.0 Å². The number of hydrogen-bond acceptors (Lipinski definition) is 4. The van der Waals surface area contributed by atoms with E-state index >= 15 is 0 Å². The Balaban J connectivity index is 1.37. The summed E-state index contributed by atoms with van der Waals surface area (Å²) in [4.78, 5) is 21.5. The number of rotatable bonds is 8. The van der Waals surface area contributed by atoms with E-state index in [1.54, 1.807) is 0 Å². The highest BCUT2D eigenvalue weighted by molar-refractivity contribution is 6.24. The van der Waals surface area contributed by atoms with Crippen LogP contribution in [0, 0.1) is 6.92 Å². The van der Waals surface area contributed by atoms with Crippen LogP contribution in [0.25, 0.3) is 10.9 Å². The number of nitrogens with one attached hydrogen (secondary N) is 1. The van der Waals surface area contributed by atoms with Gasteiger partial charge in [0.1, 0.15) is 18.1 Å². The molecule has 3 aromatic carbocycles. The molecule has 0 amide bonds. The molecule has 1 atom stereocenters. The number of ketones is 1. The Bertz CT molecular complexity index is 1480. The quantitative estimate of drug-likeness (QED) is 0.193. The molecule has 38 heavy (non-hydrogen) atoms. The molecule has 2 N–H and O–H groups in total. The molecule has 0 aliphatic heterocycles. The molecular weight excluding hydrogens is 472 g/mol. The molecule has 1 saturated carbocycles. The summed E-state index contributed by atoms with van der Waals surface area (Å²) in [6, 6.07) is 26.4. The largest absolute Gasteiger partial charge is 0.512 e. The lowest BCUT2D eigenvalue weighted by atomic mass is 9.79. The average Bonchev–Trinajstić information content (AvgIpc) is 3.26. The SMILES string of the molecule is CCC(O)=C1C(=O)CC(c2ccccc2)CC1=NCCc1c(C)[nH]c2ccc(OCc3ccccc3)cc12. The van der Waals surface area contributed by atoms with Gasteiger partial charge in [-0.05, 0) is 60.6 Å². The number of H-pyrrole nitrogens is 1. The summed E-state index contributed by atoms with van der Waals surface area (Å²) in [7, 11) is 0. The summed E-state index contributed by atoms with van der Waals surface area (Å²) >= 11 is 0. The normalized spacial score (nSPS) is 18.2. The number of Topliss-reactive ketones (excluding diaryl/α,β-unsaturated/α-hetero) is 1. The van der Waals surface area contributed by atoms with Crippen LogP contribution in [0.5, 0.6) is 5.75 Å². The summed E-state index contributed by atoms with van der Waals surface area (Å²) in [6.45, 7) is 5.00. The number of ether oxygens (including phenoxy) is 1. The third-order valence-corrected chi connectivity index (χ3v) is 7.34. The van der Waals surface area contributed by atoms with Gasteiger partial charge in [-0.15, -0.1) is 0 Å². The van der Waals surface area contributed by atoms with E-state index in [-0.39, 0.29) is 17.5 Å². The number of nitrogens with zero attached hydrogens (tertiary/aromatic N) is 1. The van der Waals surface area contributed by atoms with Crippen molar-refractivity contribution in [1.29, 1.82) is 0 Å². The van der Waals surface area contributed by atoms with E-state index in [2.05, 4.69) is 48.3 Å². The number of hydrogen-bond donors (Lipinski definition) is 2. The van der Waals surface area contributed by atoms with E-state index in [9.17, 15) is 9.90 Å². The van der Waals surface area contributed by atoms with E-state index in [4.69, 9.17) is 9.73 Å². The van der Waals surface area contributed by atoms with Crippen molar-refractivity contribution in [2.24, 2.45) is 4.99 Å². The van der Waals surface area contributed by atoms with Crippen LogP contribution in [-0.4, -0.2) is 28.1 Å². The fourth-order valence-electron chi connectivity index (χ4n) is 5.32. The Morgan fingerprint density at radius 2 is 1.76 bits per heavy atom. The molecule has 0 bridgehead atoms. The van der Waals surface area contributed by atoms with Crippen LogP contribution in [0.4, 0.5) is 0 Å². The summed E-state index contributed by atoms with van der Waals surface area (Å²) in [5, 5.41) is 11.7. The first-order valence-corrected chi connectivity index (χ1v) is 13.3. The number of benzene rings is 3. The summed E-state index contributed by atoms with van der Waals surface area (Å²) < 4.78 is 6.07. The Kier molecular flexibility index (Phi) is 7.73. The van der Waals surface area contributed by atoms with Crippen LogP contribution >= 0.6 is 0 Å². The van der Waals surface area contributed by atoms with Crippen molar-refractivity contribution >= 4 is 22.4 Å². The molecule has 0 saturated heterocycles. The van der Waals surface area contributed by atoms with Gasteiger partial charge in [0.15, 0.2) is 5.78 Å². The van der Waals surface area contributed by atoms with Crippen LogP contribution in [0.3, 0.4) is 0 Å². The molecule has 0 radical (unpaired) electrons. The number of carbonyl (C=O) groups is 1. The fourth-order valence-corrected chi connectivity index (χ4v) is 5.32. The van der Waals surface area contributed by atoms with Gasteiger partial charge in [-0.2, -0.15) is 0 Å². The molecule has 1 aliphatic rings. The second-order valence-corrected chi connectivity index (χ2v) is 9.90. The molecule has 1 unspecified atom stereocenters. The average molecular weight is 507 g/mol. The van der Waals surface area contributed by atoms with Crippen molar-refractivity contribution in [2.75, 3.05) is 6.54 Å². The molecule has 0 spiro atoms. The molecule has 194 valence electrons. The molecule has 5 rings (SSSR count). The third kappa shape index (κ3) is 5.57. The van der Waals surface area contributed by atoms with Gasteiger partial charge in [0.2, 0.25) is 0 Å². The number of allylic oxidation sites excluding steroid dienone is 2. The summed E-state index contributed by atoms with van der Waals surface area (Å²) in [5.74, 6) is 1.03. The van der Waals surface area contributed by atoms with Crippen molar-refractivity contribution in [1.82, 2.24) is 4.98 Å². The topological polar surface area (TPSA) is 74.7 Å². The first-order valence-electron chi connectivity index (χ1n) is 13.3. The maximum Gasteiger partial charge on any atom is 0.168 e. The van der Waals surface area contributed by atoms with E-state index in [0.717, 1.165) is 45.6 Å². The molecule has 4 aromatic rings. The highest BCUT2D eigenvalue weighted by atomic mass is 16.5. The zero-order chi connectivity index (χ0) is 26.5. The van der Waals surface area contributed by atoms with Gasteiger partial charge >= 0.3 is 0 Å². The molecule has 1 fully saturated rings. The number of fused-ring (bicyclic) bond motifs is 1. The first-order chi connectivity index (χ1) is 18.5. The van der Waals surface area contributed by atoms with Gasteiger partial charge in [0, 0.05) is 41.7 Å². The second kappa shape index (κ2) is 11.5. The zero-order valence-corrected chi connectivity index (χ0v) is 22.0. The zero-order valence-electron chi connectivity index (χ0n) is 22.0. The van der Waals surface area contributed by atoms with Crippen molar-refractivity contribution in [3.63, 3.8) is 0 Å². The van der Waals surface area contributed by atoms with Crippen molar-refractivity contribution in [2.45, 2.75) is 52.1 Å². The highest BCUT2D eigenvalue weighted by Crippen LogP contribution is 2.34. The number of aliphatic hydroxyl groups is 1. The molecule has 1 aliphatic carbocycles. The van der Waals surface area contributed by atoms with E-state index in [1.807, 2.05) is 49.4 Å². The Morgan fingerprint density at radius 1 is 1.03 bits per heavy atom. The highest BCUT2D eigenvalue weighted by Gasteiger charge is 2.31. The van der Waals surface area contributed by atoms with Gasteiger partial charge < -0.3 is 14.8 Å². The molecular formula is C33H34N2O3. The van der Waals surface area contributed by atoms with Gasteiger partial charge in [-0.25, -0.2) is 0 Å². The van der Waals surface area contributed by atoms with Gasteiger partial charge in [-0.1, -0.05) is 67.6 Å². The number of aliphatic imine (C=N–C) groups is 1. The smallest absolute Gasteiger partial charge is 0.168 e. The predicted molar refractivity (Wildman–Crippen MR) is 153 cm³/mol.